The summed E-state index contributed by atoms with van der Waals surface area (Å²) in [5.74, 6) is 0. The van der Waals surface area contributed by atoms with Gasteiger partial charge in [0.05, 0.1) is 44.3 Å². The standard InChI is InChI=1S/C40H16F12N8/c1-59-30-12-24-21-7-8-28-34(60(2)36(57-28)18(15-55)16-56)33(21)32(23-6-4-20(38(44,45)46)10-27(23)40(50,51)52)31(25(24)11-29(30)58-35(59)17(13-53)14-54)22-5-3-19(37(41,42)43)9-26(22)39(47,48)49/h3-12H,1-2H3. The molecule has 0 unspecified atom stereocenters. The number of halogens is 12. The highest BCUT2D eigenvalue weighted by molar-refractivity contribution is 6.29. The van der Waals surface area contributed by atoms with Crippen LogP contribution in [0.1, 0.15) is 22.3 Å². The largest absolute Gasteiger partial charge is 0.417 e. The molecule has 0 aliphatic heterocycles. The first-order chi connectivity index (χ1) is 28.0. The van der Waals surface area contributed by atoms with Crippen LogP contribution in [0.15, 0.2) is 60.7 Å². The first kappa shape index (κ1) is 40.6. The first-order valence-corrected chi connectivity index (χ1v) is 16.6. The number of nitrogens with zero attached hydrogens (tertiary/aromatic N) is 8. The highest BCUT2D eigenvalue weighted by Gasteiger charge is 2.42. The van der Waals surface area contributed by atoms with E-state index in [1.54, 1.807) is 24.3 Å². The van der Waals surface area contributed by atoms with Crippen molar-refractivity contribution in [2.75, 3.05) is 0 Å². The maximum Gasteiger partial charge on any atom is 0.417 e. The minimum absolute atomic E-state index is 0.0934. The average molecular weight is 837 g/mol. The fourth-order valence-electron chi connectivity index (χ4n) is 7.30. The van der Waals surface area contributed by atoms with Gasteiger partial charge in [0, 0.05) is 25.0 Å². The van der Waals surface area contributed by atoms with Crippen molar-refractivity contribution in [1.82, 2.24) is 19.1 Å². The summed E-state index contributed by atoms with van der Waals surface area (Å²) in [6, 6.07) is 12.2. The number of aryl methyl sites for hydroxylation is 2. The summed E-state index contributed by atoms with van der Waals surface area (Å²) in [6.45, 7) is 0. The molecule has 7 aromatic rings. The Bertz CT molecular complexity index is 3300. The zero-order chi connectivity index (χ0) is 44.0. The van der Waals surface area contributed by atoms with Crippen molar-refractivity contribution in [2.45, 2.75) is 24.7 Å². The minimum atomic E-state index is -5.66. The monoisotopic (exact) mass is 836 g/mol. The maximum atomic E-state index is 15.2. The van der Waals surface area contributed by atoms with Crippen LogP contribution >= 0.6 is 0 Å². The zero-order valence-electron chi connectivity index (χ0n) is 29.9. The number of rotatable bonds is 2. The number of imidazole rings is 2. The number of hydrogen-bond donors (Lipinski definition) is 0. The van der Waals surface area contributed by atoms with Crippen molar-refractivity contribution in [2.24, 2.45) is 14.1 Å². The van der Waals surface area contributed by atoms with Crippen molar-refractivity contribution in [3.05, 3.63) is 93.9 Å². The molecule has 5 aromatic carbocycles. The Balaban J connectivity index is 1.92. The third kappa shape index (κ3) is 6.34. The second kappa shape index (κ2) is 13.5. The summed E-state index contributed by atoms with van der Waals surface area (Å²) < 4.78 is 177. The van der Waals surface area contributed by atoms with Gasteiger partial charge in [-0.25, -0.2) is 9.97 Å². The first-order valence-electron chi connectivity index (χ1n) is 16.6. The molecule has 8 nitrogen and oxygen atoms in total. The van der Waals surface area contributed by atoms with E-state index < -0.39 is 91.1 Å². The van der Waals surface area contributed by atoms with Gasteiger partial charge in [-0.1, -0.05) is 18.2 Å². The van der Waals surface area contributed by atoms with E-state index >= 15 is 26.3 Å². The Labute approximate surface area is 326 Å². The summed E-state index contributed by atoms with van der Waals surface area (Å²) in [5, 5.41) is 37.6. The second-order valence-corrected chi connectivity index (χ2v) is 13.2. The Morgan fingerprint density at radius 1 is 0.500 bits per heavy atom. The Hall–Kier alpha value is -7.58. The van der Waals surface area contributed by atoms with Gasteiger partial charge < -0.3 is 9.13 Å². The van der Waals surface area contributed by atoms with E-state index in [0.29, 0.717) is 12.1 Å². The molecule has 0 atom stereocenters. The summed E-state index contributed by atoms with van der Waals surface area (Å²) in [6.07, 6.45) is -22.0. The topological polar surface area (TPSA) is 131 Å². The molecular weight excluding hydrogens is 820 g/mol. The van der Waals surface area contributed by atoms with Crippen molar-refractivity contribution >= 4 is 54.8 Å². The van der Waals surface area contributed by atoms with Gasteiger partial charge in [-0.15, -0.1) is 0 Å². The lowest BCUT2D eigenvalue weighted by Crippen LogP contribution is -2.18. The van der Waals surface area contributed by atoms with E-state index in [-0.39, 0.29) is 68.1 Å². The van der Waals surface area contributed by atoms with Crippen molar-refractivity contribution in [3.63, 3.8) is 0 Å². The van der Waals surface area contributed by atoms with Crippen LogP contribution in [0.2, 0.25) is 0 Å². The number of hydrogen-bond acceptors (Lipinski definition) is 6. The Morgan fingerprint density at radius 3 is 1.43 bits per heavy atom. The van der Waals surface area contributed by atoms with Gasteiger partial charge in [0.2, 0.25) is 0 Å². The summed E-state index contributed by atoms with van der Waals surface area (Å²) in [5.41, 5.74) is -13.8. The third-order valence-corrected chi connectivity index (χ3v) is 9.85. The van der Waals surface area contributed by atoms with Gasteiger partial charge in [0.1, 0.15) is 24.3 Å². The molecule has 7 rings (SSSR count). The van der Waals surface area contributed by atoms with Crippen LogP contribution in [0.3, 0.4) is 0 Å². The molecule has 0 aliphatic rings. The molecule has 20 heteroatoms. The normalized spacial score (nSPS) is 12.4. The molecule has 0 saturated carbocycles. The molecule has 0 fully saturated rings. The van der Waals surface area contributed by atoms with Crippen LogP contribution < -0.4 is 11.0 Å². The number of alkyl halides is 12. The molecule has 2 aromatic heterocycles. The molecule has 0 spiro atoms. The van der Waals surface area contributed by atoms with E-state index in [9.17, 15) is 47.4 Å². The van der Waals surface area contributed by atoms with Crippen LogP contribution in [0.5, 0.6) is 0 Å². The lowest BCUT2D eigenvalue weighted by atomic mass is 9.81. The minimum Gasteiger partial charge on any atom is -0.326 e. The highest BCUT2D eigenvalue weighted by atomic mass is 19.4. The SMILES string of the molecule is Cn1c(=C(C#N)C#N)nc2cc3c(-c4ccc(C(F)(F)F)cc4C(F)(F)F)c(-c4ccc(C(F)(F)F)cc4C(F)(F)F)c4c(ccc5nc(=C(C#N)C#N)n(C)c54)c3cc21. The molecule has 0 bridgehead atoms. The predicted octanol–water partition coefficient (Wildman–Crippen LogP) is 9.57. The fourth-order valence-corrected chi connectivity index (χ4v) is 7.30. The number of nitriles is 4. The summed E-state index contributed by atoms with van der Waals surface area (Å²) in [7, 11) is 2.58. The van der Waals surface area contributed by atoms with Crippen LogP contribution in [-0.4, -0.2) is 19.1 Å². The lowest BCUT2D eigenvalue weighted by molar-refractivity contribution is -0.144. The third-order valence-electron chi connectivity index (χ3n) is 9.85. The van der Waals surface area contributed by atoms with Gasteiger partial charge in [0.15, 0.2) is 22.1 Å². The molecular formula is C40H16F12N8. The Morgan fingerprint density at radius 2 is 0.967 bits per heavy atom. The molecule has 0 aliphatic carbocycles. The summed E-state index contributed by atoms with van der Waals surface area (Å²) in [4.78, 5) is 8.53. The van der Waals surface area contributed by atoms with E-state index in [4.69, 9.17) is 0 Å². The molecule has 2 heterocycles. The molecule has 0 saturated heterocycles. The van der Waals surface area contributed by atoms with E-state index in [2.05, 4.69) is 9.97 Å². The van der Waals surface area contributed by atoms with Crippen molar-refractivity contribution in [3.8, 4) is 46.5 Å². The van der Waals surface area contributed by atoms with Crippen molar-refractivity contribution in [1.29, 1.82) is 21.0 Å². The Kier molecular flexibility index (Phi) is 9.13. The van der Waals surface area contributed by atoms with E-state index in [1.807, 2.05) is 0 Å². The van der Waals surface area contributed by atoms with Gasteiger partial charge in [-0.2, -0.15) is 73.7 Å². The smallest absolute Gasteiger partial charge is 0.326 e. The van der Waals surface area contributed by atoms with Gasteiger partial charge in [0.25, 0.3) is 0 Å². The molecule has 300 valence electrons. The zero-order valence-corrected chi connectivity index (χ0v) is 29.9. The van der Waals surface area contributed by atoms with Gasteiger partial charge in [-0.05, 0) is 75.3 Å². The number of benzene rings is 5. The highest BCUT2D eigenvalue weighted by Crippen LogP contribution is 2.53. The molecule has 0 radical (unpaired) electrons. The van der Waals surface area contributed by atoms with Crippen LogP contribution in [0, 0.1) is 45.3 Å². The number of fused-ring (bicyclic) bond motifs is 6. The van der Waals surface area contributed by atoms with E-state index in [0.717, 1.165) is 10.6 Å². The van der Waals surface area contributed by atoms with Crippen molar-refractivity contribution < 1.29 is 52.7 Å². The lowest BCUT2D eigenvalue weighted by Gasteiger charge is -2.25. The molecule has 0 N–H and O–H groups in total. The quantitative estimate of drug-likeness (QED) is 0.126. The maximum absolute atomic E-state index is 15.2. The van der Waals surface area contributed by atoms with Crippen LogP contribution in [-0.2, 0) is 38.8 Å². The second-order valence-electron chi connectivity index (χ2n) is 13.2. The molecule has 60 heavy (non-hydrogen) atoms. The number of aromatic nitrogens is 4. The fraction of sp³-hybridized carbons (Fsp3) is 0.150. The van der Waals surface area contributed by atoms with Crippen LogP contribution in [0.4, 0.5) is 52.7 Å². The van der Waals surface area contributed by atoms with E-state index in [1.165, 1.54) is 36.9 Å². The average Bonchev–Trinajstić information content (AvgIpc) is 3.67. The van der Waals surface area contributed by atoms with Gasteiger partial charge in [-0.3, -0.25) is 0 Å². The molecule has 0 amide bonds. The predicted molar refractivity (Wildman–Crippen MR) is 189 cm³/mol. The van der Waals surface area contributed by atoms with Gasteiger partial charge >= 0.3 is 24.7 Å². The van der Waals surface area contributed by atoms with Crippen LogP contribution in [0.25, 0.3) is 77.0 Å². The summed E-state index contributed by atoms with van der Waals surface area (Å²) >= 11 is 0.